The maximum absolute atomic E-state index is 8.31. The molecule has 0 N–H and O–H groups in total. The van der Waals surface area contributed by atoms with Crippen LogP contribution in [0.3, 0.4) is 0 Å². The standard InChI is InChI=1S/C34H24N2/c1-23-35-30-20-10-12-22-32(30)36(23)31-21-11-9-19-29(31)34-27-17-7-5-15-25(27)33(24-13-3-2-4-14-24)26-16-6-8-18-28(26)34/h2-22H,1H3/i1D3. The number of aryl methyl sites for hydroxylation is 1. The normalized spacial score (nSPS) is 13.1. The van der Waals surface area contributed by atoms with Crippen LogP contribution in [0.2, 0.25) is 0 Å². The van der Waals surface area contributed by atoms with E-state index in [1.165, 1.54) is 5.56 Å². The van der Waals surface area contributed by atoms with Gasteiger partial charge in [0.25, 0.3) is 0 Å². The first-order valence-electron chi connectivity index (χ1n) is 13.6. The molecule has 0 spiro atoms. The van der Waals surface area contributed by atoms with Gasteiger partial charge in [-0.05, 0) is 63.3 Å². The van der Waals surface area contributed by atoms with Crippen LogP contribution in [0, 0.1) is 6.85 Å². The third-order valence-corrected chi connectivity index (χ3v) is 6.97. The van der Waals surface area contributed by atoms with Crippen molar-refractivity contribution in [3.63, 3.8) is 0 Å². The maximum atomic E-state index is 8.31. The van der Waals surface area contributed by atoms with Crippen LogP contribution in [-0.2, 0) is 0 Å². The molecule has 0 bridgehead atoms. The highest BCUT2D eigenvalue weighted by molar-refractivity contribution is 6.22. The van der Waals surface area contributed by atoms with Crippen molar-refractivity contribution in [2.75, 3.05) is 0 Å². The fourth-order valence-electron chi connectivity index (χ4n) is 5.48. The quantitative estimate of drug-likeness (QED) is 0.239. The lowest BCUT2D eigenvalue weighted by molar-refractivity contribution is 1.00. The summed E-state index contributed by atoms with van der Waals surface area (Å²) in [4.78, 5) is 4.57. The fraction of sp³-hybridized carbons (Fsp3) is 0.0294. The number of para-hydroxylation sites is 3. The SMILES string of the molecule is [2H]C([2H])([2H])c1nc2ccccc2n1-c1ccccc1-c1c2ccccc2c(-c2ccccc2)c2ccccc12. The maximum Gasteiger partial charge on any atom is 0.111 e. The van der Waals surface area contributed by atoms with E-state index in [2.05, 4.69) is 83.8 Å². The molecular weight excluding hydrogens is 436 g/mol. The molecule has 7 rings (SSSR count). The van der Waals surface area contributed by atoms with E-state index in [1.807, 2.05) is 53.1 Å². The number of imidazole rings is 1. The second-order valence-electron chi connectivity index (χ2n) is 8.98. The summed E-state index contributed by atoms with van der Waals surface area (Å²) < 4.78 is 26.7. The van der Waals surface area contributed by atoms with Crippen LogP contribution in [0.15, 0.2) is 127 Å². The second-order valence-corrected chi connectivity index (χ2v) is 8.98. The average Bonchev–Trinajstić information content (AvgIpc) is 3.37. The zero-order chi connectivity index (χ0) is 26.6. The third-order valence-electron chi connectivity index (χ3n) is 6.97. The Bertz CT molecular complexity index is 1950. The minimum Gasteiger partial charge on any atom is -0.296 e. The number of fused-ring (bicyclic) bond motifs is 3. The van der Waals surface area contributed by atoms with Crippen molar-refractivity contribution in [1.82, 2.24) is 9.55 Å². The Balaban J connectivity index is 1.64. The molecule has 0 radical (unpaired) electrons. The Morgan fingerprint density at radius 1 is 0.556 bits per heavy atom. The van der Waals surface area contributed by atoms with Gasteiger partial charge in [0.1, 0.15) is 5.82 Å². The smallest absolute Gasteiger partial charge is 0.111 e. The summed E-state index contributed by atoms with van der Waals surface area (Å²) in [6, 6.07) is 43.1. The van der Waals surface area contributed by atoms with Crippen molar-refractivity contribution in [3.05, 3.63) is 133 Å². The van der Waals surface area contributed by atoms with Gasteiger partial charge in [0.15, 0.2) is 0 Å². The first-order valence-corrected chi connectivity index (χ1v) is 12.1. The lowest BCUT2D eigenvalue weighted by Crippen LogP contribution is -2.00. The predicted octanol–water partition coefficient (Wildman–Crippen LogP) is 8.97. The van der Waals surface area contributed by atoms with Crippen molar-refractivity contribution < 1.29 is 4.11 Å². The Hall–Kier alpha value is -4.69. The van der Waals surface area contributed by atoms with Gasteiger partial charge in [-0.15, -0.1) is 0 Å². The van der Waals surface area contributed by atoms with Gasteiger partial charge >= 0.3 is 0 Å². The molecule has 7 aromatic rings. The Morgan fingerprint density at radius 3 is 1.81 bits per heavy atom. The molecular formula is C34H24N2. The minimum absolute atomic E-state index is 0.0608. The highest BCUT2D eigenvalue weighted by Crippen LogP contribution is 2.45. The van der Waals surface area contributed by atoms with Crippen LogP contribution in [0.5, 0.6) is 0 Å². The summed E-state index contributed by atoms with van der Waals surface area (Å²) in [6.45, 7) is -2.38. The van der Waals surface area contributed by atoms with E-state index in [0.717, 1.165) is 49.4 Å². The molecule has 0 aliphatic heterocycles. The number of hydrogen-bond donors (Lipinski definition) is 0. The van der Waals surface area contributed by atoms with E-state index in [0.29, 0.717) is 5.52 Å². The van der Waals surface area contributed by atoms with Gasteiger partial charge in [0, 0.05) is 9.68 Å². The molecule has 6 aromatic carbocycles. The zero-order valence-corrected chi connectivity index (χ0v) is 19.5. The van der Waals surface area contributed by atoms with Gasteiger partial charge in [-0.25, -0.2) is 4.98 Å². The minimum atomic E-state index is -2.38. The number of rotatable bonds is 3. The van der Waals surface area contributed by atoms with Crippen LogP contribution in [-0.4, -0.2) is 9.55 Å². The largest absolute Gasteiger partial charge is 0.296 e. The molecule has 0 aliphatic rings. The van der Waals surface area contributed by atoms with Crippen molar-refractivity contribution >= 4 is 32.6 Å². The van der Waals surface area contributed by atoms with Crippen molar-refractivity contribution in [3.8, 4) is 27.9 Å². The molecule has 0 saturated heterocycles. The molecule has 0 atom stereocenters. The highest BCUT2D eigenvalue weighted by Gasteiger charge is 2.20. The van der Waals surface area contributed by atoms with Gasteiger partial charge in [-0.1, -0.05) is 109 Å². The zero-order valence-electron chi connectivity index (χ0n) is 22.5. The summed E-state index contributed by atoms with van der Waals surface area (Å²) in [6.07, 6.45) is 0. The Morgan fingerprint density at radius 2 is 1.11 bits per heavy atom. The molecule has 0 amide bonds. The molecule has 0 fully saturated rings. The summed E-state index contributed by atoms with van der Waals surface area (Å²) >= 11 is 0. The highest BCUT2D eigenvalue weighted by atomic mass is 15.1. The van der Waals surface area contributed by atoms with E-state index >= 15 is 0 Å². The van der Waals surface area contributed by atoms with E-state index in [-0.39, 0.29) is 5.82 Å². The lowest BCUT2D eigenvalue weighted by Gasteiger charge is -2.20. The molecule has 36 heavy (non-hydrogen) atoms. The lowest BCUT2D eigenvalue weighted by atomic mass is 9.85. The second kappa shape index (κ2) is 8.21. The summed E-state index contributed by atoms with van der Waals surface area (Å²) in [5.41, 5.74) is 6.61. The summed E-state index contributed by atoms with van der Waals surface area (Å²) in [5.74, 6) is 0.0608. The van der Waals surface area contributed by atoms with Crippen LogP contribution >= 0.6 is 0 Å². The molecule has 1 aromatic heterocycles. The van der Waals surface area contributed by atoms with Gasteiger partial charge in [-0.3, -0.25) is 4.57 Å². The van der Waals surface area contributed by atoms with Crippen LogP contribution in [0.1, 0.15) is 9.94 Å². The first-order chi connectivity index (χ1) is 19.0. The number of hydrogen-bond acceptors (Lipinski definition) is 1. The van der Waals surface area contributed by atoms with E-state index in [4.69, 9.17) is 4.11 Å². The molecule has 170 valence electrons. The third kappa shape index (κ3) is 3.08. The molecule has 0 saturated carbocycles. The Labute approximate surface area is 214 Å². The van der Waals surface area contributed by atoms with Crippen LogP contribution < -0.4 is 0 Å². The van der Waals surface area contributed by atoms with E-state index in [9.17, 15) is 0 Å². The van der Waals surface area contributed by atoms with Crippen LogP contribution in [0.4, 0.5) is 0 Å². The molecule has 0 unspecified atom stereocenters. The van der Waals surface area contributed by atoms with Gasteiger partial charge in [0.2, 0.25) is 0 Å². The predicted molar refractivity (Wildman–Crippen MR) is 152 cm³/mol. The molecule has 2 heteroatoms. The molecule has 0 aliphatic carbocycles. The summed E-state index contributed by atoms with van der Waals surface area (Å²) in [7, 11) is 0. The molecule has 2 nitrogen and oxygen atoms in total. The first kappa shape index (κ1) is 17.7. The van der Waals surface area contributed by atoms with Crippen molar-refractivity contribution in [2.24, 2.45) is 0 Å². The van der Waals surface area contributed by atoms with Crippen molar-refractivity contribution in [2.45, 2.75) is 6.85 Å². The van der Waals surface area contributed by atoms with Crippen LogP contribution in [0.25, 0.3) is 60.5 Å². The number of nitrogens with zero attached hydrogens (tertiary/aromatic N) is 2. The average molecular weight is 464 g/mol. The van der Waals surface area contributed by atoms with Gasteiger partial charge < -0.3 is 0 Å². The number of benzene rings is 6. The number of aromatic nitrogens is 2. The molecule has 1 heterocycles. The van der Waals surface area contributed by atoms with E-state index in [1.54, 1.807) is 0 Å². The van der Waals surface area contributed by atoms with Gasteiger partial charge in [-0.2, -0.15) is 0 Å². The summed E-state index contributed by atoms with van der Waals surface area (Å²) in [5, 5.41) is 4.53. The Kier molecular flexibility index (Phi) is 4.04. The topological polar surface area (TPSA) is 17.8 Å². The fourth-order valence-corrected chi connectivity index (χ4v) is 5.48. The van der Waals surface area contributed by atoms with Gasteiger partial charge in [0.05, 0.1) is 16.7 Å². The van der Waals surface area contributed by atoms with Crippen molar-refractivity contribution in [1.29, 1.82) is 0 Å². The van der Waals surface area contributed by atoms with E-state index < -0.39 is 6.85 Å². The monoisotopic (exact) mass is 463 g/mol.